The van der Waals surface area contributed by atoms with Gasteiger partial charge in [0.25, 0.3) is 0 Å². The molecule has 3 N–H and O–H groups in total. The molecule has 2 heterocycles. The summed E-state index contributed by atoms with van der Waals surface area (Å²) < 4.78 is 0. The van der Waals surface area contributed by atoms with Crippen LogP contribution in [0.4, 0.5) is 22.0 Å². The highest BCUT2D eigenvalue weighted by Crippen LogP contribution is 2.20. The van der Waals surface area contributed by atoms with E-state index in [1.54, 1.807) is 6.20 Å². The molecule has 1 aliphatic rings. The highest BCUT2D eigenvalue weighted by molar-refractivity contribution is 5.90. The van der Waals surface area contributed by atoms with Gasteiger partial charge in [-0.2, -0.15) is 5.10 Å². The molecule has 1 aromatic carbocycles. The molecule has 3 rings (SSSR count). The molecule has 26 heavy (non-hydrogen) atoms. The zero-order chi connectivity index (χ0) is 18.4. The molecule has 7 heteroatoms. The van der Waals surface area contributed by atoms with E-state index >= 15 is 0 Å². The largest absolute Gasteiger partial charge is 0.370 e. The number of nitrogens with one attached hydrogen (secondary N) is 3. The Morgan fingerprint density at radius 1 is 1.15 bits per heavy atom. The van der Waals surface area contributed by atoms with E-state index in [0.717, 1.165) is 35.8 Å². The van der Waals surface area contributed by atoms with Crippen LogP contribution in [0.1, 0.15) is 24.0 Å². The monoisotopic (exact) mass is 354 g/mol. The molecule has 2 aromatic rings. The number of carbonyl (C=O) groups is 1. The number of carbonyl (C=O) groups excluding carboxylic acids is 1. The summed E-state index contributed by atoms with van der Waals surface area (Å²) in [5, 5.41) is 17.1. The molecule has 0 bridgehead atoms. The molecule has 1 saturated heterocycles. The highest BCUT2D eigenvalue weighted by atomic mass is 16.2. The van der Waals surface area contributed by atoms with Gasteiger partial charge < -0.3 is 20.9 Å². The third kappa shape index (κ3) is 4.84. The summed E-state index contributed by atoms with van der Waals surface area (Å²) in [5.41, 5.74) is 4.15. The fourth-order valence-corrected chi connectivity index (χ4v) is 3.08. The number of benzene rings is 1. The molecule has 0 radical (unpaired) electrons. The Labute approximate surface area is 154 Å². The van der Waals surface area contributed by atoms with E-state index in [0.29, 0.717) is 13.1 Å². The van der Waals surface area contributed by atoms with Crippen LogP contribution in [0.5, 0.6) is 0 Å². The van der Waals surface area contributed by atoms with Crippen molar-refractivity contribution in [2.45, 2.75) is 26.7 Å². The Morgan fingerprint density at radius 3 is 2.73 bits per heavy atom. The van der Waals surface area contributed by atoms with Gasteiger partial charge in [-0.25, -0.2) is 4.79 Å². The molecule has 0 unspecified atom stereocenters. The van der Waals surface area contributed by atoms with Crippen LogP contribution >= 0.6 is 0 Å². The van der Waals surface area contributed by atoms with Gasteiger partial charge in [0.2, 0.25) is 0 Å². The van der Waals surface area contributed by atoms with Crippen LogP contribution in [-0.4, -0.2) is 42.4 Å². The number of anilines is 3. The van der Waals surface area contributed by atoms with Crippen LogP contribution < -0.4 is 20.9 Å². The summed E-state index contributed by atoms with van der Waals surface area (Å²) in [5.74, 6) is 0.728. The lowest BCUT2D eigenvalue weighted by Crippen LogP contribution is -2.33. The van der Waals surface area contributed by atoms with Crippen LogP contribution in [-0.2, 0) is 0 Å². The van der Waals surface area contributed by atoms with E-state index in [1.807, 2.05) is 38.1 Å². The van der Waals surface area contributed by atoms with Crippen LogP contribution in [0.3, 0.4) is 0 Å². The van der Waals surface area contributed by atoms with Gasteiger partial charge in [-0.3, -0.25) is 0 Å². The Kier molecular flexibility index (Phi) is 5.88. The molecular formula is C19H26N6O. The summed E-state index contributed by atoms with van der Waals surface area (Å²) in [6.45, 7) is 7.24. The van der Waals surface area contributed by atoms with Crippen molar-refractivity contribution in [1.82, 2.24) is 15.5 Å². The van der Waals surface area contributed by atoms with Crippen LogP contribution in [0.2, 0.25) is 0 Å². The van der Waals surface area contributed by atoms with Gasteiger partial charge in [-0.15, -0.1) is 5.10 Å². The lowest BCUT2D eigenvalue weighted by molar-refractivity contribution is 0.252. The smallest absolute Gasteiger partial charge is 0.319 e. The number of urea groups is 1. The molecule has 0 spiro atoms. The minimum absolute atomic E-state index is 0.212. The predicted octanol–water partition coefficient (Wildman–Crippen LogP) is 2.93. The molecule has 0 aliphatic carbocycles. The fraction of sp³-hybridized carbons (Fsp3) is 0.421. The Morgan fingerprint density at radius 2 is 1.96 bits per heavy atom. The summed E-state index contributed by atoms with van der Waals surface area (Å²) >= 11 is 0. The first-order valence-electron chi connectivity index (χ1n) is 9.05. The van der Waals surface area contributed by atoms with E-state index < -0.39 is 0 Å². The second kappa shape index (κ2) is 8.51. The van der Waals surface area contributed by atoms with E-state index in [2.05, 4.69) is 31.0 Å². The van der Waals surface area contributed by atoms with Gasteiger partial charge in [0.1, 0.15) is 0 Å². The van der Waals surface area contributed by atoms with E-state index in [9.17, 15) is 4.79 Å². The molecule has 0 atom stereocenters. The first-order chi connectivity index (χ1) is 12.6. The van der Waals surface area contributed by atoms with Crippen molar-refractivity contribution in [2.75, 3.05) is 41.7 Å². The lowest BCUT2D eigenvalue weighted by atomic mass is 10.1. The first kappa shape index (κ1) is 18.0. The summed E-state index contributed by atoms with van der Waals surface area (Å²) in [7, 11) is 0. The number of amides is 2. The van der Waals surface area contributed by atoms with Crippen LogP contribution in [0.25, 0.3) is 0 Å². The minimum Gasteiger partial charge on any atom is -0.370 e. The van der Waals surface area contributed by atoms with Crippen molar-refractivity contribution < 1.29 is 4.79 Å². The second-order valence-corrected chi connectivity index (χ2v) is 6.62. The quantitative estimate of drug-likeness (QED) is 0.695. The minimum atomic E-state index is -0.212. The number of aryl methyl sites for hydroxylation is 2. The number of rotatable bonds is 6. The SMILES string of the molecule is Cc1ccc(NC(=O)NCCNc2cc(N3CCCC3)cnn2)c(C)c1. The molecule has 1 fully saturated rings. The van der Waals surface area contributed by atoms with Crippen LogP contribution in [0.15, 0.2) is 30.5 Å². The van der Waals surface area contributed by atoms with E-state index in [-0.39, 0.29) is 6.03 Å². The van der Waals surface area contributed by atoms with E-state index in [4.69, 9.17) is 0 Å². The van der Waals surface area contributed by atoms with Gasteiger partial charge in [0.05, 0.1) is 11.9 Å². The summed E-state index contributed by atoms with van der Waals surface area (Å²) in [6, 6.07) is 7.74. The predicted molar refractivity (Wildman–Crippen MR) is 105 cm³/mol. The Balaban J connectivity index is 1.42. The molecule has 1 aliphatic heterocycles. The van der Waals surface area contributed by atoms with Gasteiger partial charge in [0, 0.05) is 37.9 Å². The zero-order valence-corrected chi connectivity index (χ0v) is 15.4. The maximum atomic E-state index is 12.0. The molecule has 0 saturated carbocycles. The van der Waals surface area contributed by atoms with Crippen LogP contribution in [0, 0.1) is 13.8 Å². The van der Waals surface area contributed by atoms with Crippen molar-refractivity contribution in [2.24, 2.45) is 0 Å². The van der Waals surface area contributed by atoms with Gasteiger partial charge in [0.15, 0.2) is 5.82 Å². The molecular weight excluding hydrogens is 328 g/mol. The standard InChI is InChI=1S/C19H26N6O/c1-14-5-6-17(15(2)11-14)23-19(26)21-8-7-20-18-12-16(13-22-24-18)25-9-3-4-10-25/h5-6,11-13H,3-4,7-10H2,1-2H3,(H,20,24)(H2,21,23,26). The summed E-state index contributed by atoms with van der Waals surface area (Å²) in [6.07, 6.45) is 4.25. The van der Waals surface area contributed by atoms with E-state index in [1.165, 1.54) is 18.4 Å². The molecule has 138 valence electrons. The first-order valence-corrected chi connectivity index (χ1v) is 9.05. The maximum absolute atomic E-state index is 12.0. The normalized spacial score (nSPS) is 13.5. The second-order valence-electron chi connectivity index (χ2n) is 6.62. The van der Waals surface area contributed by atoms with Gasteiger partial charge >= 0.3 is 6.03 Å². The van der Waals surface area contributed by atoms with Crippen molar-refractivity contribution in [3.05, 3.63) is 41.6 Å². The highest BCUT2D eigenvalue weighted by Gasteiger charge is 2.13. The summed E-state index contributed by atoms with van der Waals surface area (Å²) in [4.78, 5) is 14.3. The third-order valence-electron chi connectivity index (χ3n) is 4.46. The van der Waals surface area contributed by atoms with Gasteiger partial charge in [-0.1, -0.05) is 17.7 Å². The molecule has 2 amide bonds. The molecule has 1 aromatic heterocycles. The zero-order valence-electron chi connectivity index (χ0n) is 15.4. The average molecular weight is 354 g/mol. The van der Waals surface area contributed by atoms with Crippen molar-refractivity contribution >= 4 is 23.2 Å². The maximum Gasteiger partial charge on any atom is 0.319 e. The number of hydrogen-bond donors (Lipinski definition) is 3. The Hall–Kier alpha value is -2.83. The number of nitrogens with zero attached hydrogens (tertiary/aromatic N) is 3. The third-order valence-corrected chi connectivity index (χ3v) is 4.46. The van der Waals surface area contributed by atoms with Crippen molar-refractivity contribution in [3.63, 3.8) is 0 Å². The topological polar surface area (TPSA) is 82.2 Å². The average Bonchev–Trinajstić information content (AvgIpc) is 3.16. The molecule has 7 nitrogen and oxygen atoms in total. The van der Waals surface area contributed by atoms with Crippen molar-refractivity contribution in [1.29, 1.82) is 0 Å². The lowest BCUT2D eigenvalue weighted by Gasteiger charge is -2.17. The van der Waals surface area contributed by atoms with Crippen molar-refractivity contribution in [3.8, 4) is 0 Å². The number of aromatic nitrogens is 2. The van der Waals surface area contributed by atoms with Gasteiger partial charge in [-0.05, 0) is 38.3 Å². The Bertz CT molecular complexity index is 757. The fourth-order valence-electron chi connectivity index (χ4n) is 3.08. The number of hydrogen-bond acceptors (Lipinski definition) is 5.